The molecule has 6 heteroatoms. The predicted molar refractivity (Wildman–Crippen MR) is 122 cm³/mol. The van der Waals surface area contributed by atoms with Crippen LogP contribution >= 0.6 is 11.3 Å². The summed E-state index contributed by atoms with van der Waals surface area (Å²) < 4.78 is 31.9. The van der Waals surface area contributed by atoms with Gasteiger partial charge >= 0.3 is 5.97 Å². The molecule has 0 aliphatic carbocycles. The molecule has 0 aliphatic heterocycles. The first-order valence-corrected chi connectivity index (χ1v) is 10.6. The lowest BCUT2D eigenvalue weighted by Gasteiger charge is -2.11. The molecule has 158 valence electrons. The lowest BCUT2D eigenvalue weighted by molar-refractivity contribution is 0.0521. The van der Waals surface area contributed by atoms with Gasteiger partial charge in [-0.3, -0.25) is 0 Å². The lowest BCUT2D eigenvalue weighted by atomic mass is 9.97. The van der Waals surface area contributed by atoms with Gasteiger partial charge in [-0.15, -0.1) is 11.3 Å². The molecule has 4 rings (SSSR count). The Kier molecular flexibility index (Phi) is 5.91. The van der Waals surface area contributed by atoms with Crippen molar-refractivity contribution < 1.29 is 23.4 Å². The van der Waals surface area contributed by atoms with Crippen LogP contribution in [0, 0.1) is 5.82 Å². The average Bonchev–Trinajstić information content (AvgIpc) is 3.17. The first kappa shape index (κ1) is 20.9. The summed E-state index contributed by atoms with van der Waals surface area (Å²) in [6, 6.07) is 18.2. The van der Waals surface area contributed by atoms with Crippen molar-refractivity contribution in [2.24, 2.45) is 0 Å². The monoisotopic (exact) mass is 436 g/mol. The minimum Gasteiger partial charge on any atom is -0.497 e. The van der Waals surface area contributed by atoms with Gasteiger partial charge in [0, 0.05) is 26.1 Å². The van der Waals surface area contributed by atoms with Gasteiger partial charge in [-0.2, -0.15) is 0 Å². The van der Waals surface area contributed by atoms with Crippen LogP contribution in [0.3, 0.4) is 0 Å². The molecule has 0 amide bonds. The zero-order chi connectivity index (χ0) is 22.0. The largest absolute Gasteiger partial charge is 0.497 e. The zero-order valence-corrected chi connectivity index (χ0v) is 18.2. The quantitative estimate of drug-likeness (QED) is 0.321. The van der Waals surface area contributed by atoms with Crippen LogP contribution < -0.4 is 9.47 Å². The number of fused-ring (bicyclic) bond motifs is 1. The van der Waals surface area contributed by atoms with Gasteiger partial charge in [0.15, 0.2) is 0 Å². The highest BCUT2D eigenvalue weighted by atomic mass is 32.1. The minimum atomic E-state index is -0.673. The molecular weight excluding hydrogens is 415 g/mol. The fourth-order valence-corrected chi connectivity index (χ4v) is 4.79. The molecule has 31 heavy (non-hydrogen) atoms. The van der Waals surface area contributed by atoms with Crippen molar-refractivity contribution in [2.45, 2.75) is 6.92 Å². The Bertz CT molecular complexity index is 1260. The number of methoxy groups -OCH3 is 2. The van der Waals surface area contributed by atoms with E-state index < -0.39 is 11.8 Å². The molecule has 4 nitrogen and oxygen atoms in total. The van der Waals surface area contributed by atoms with Crippen molar-refractivity contribution in [3.8, 4) is 33.1 Å². The Morgan fingerprint density at radius 3 is 2.52 bits per heavy atom. The third kappa shape index (κ3) is 3.86. The molecule has 0 N–H and O–H groups in total. The third-order valence-electron chi connectivity index (χ3n) is 5.00. The highest BCUT2D eigenvalue weighted by molar-refractivity contribution is 7.23. The lowest BCUT2D eigenvalue weighted by Crippen LogP contribution is -2.07. The number of carbonyl (C=O) groups excluding carboxylic acids is 1. The summed E-state index contributed by atoms with van der Waals surface area (Å²) in [7, 11) is 3.24. The molecule has 1 heterocycles. The number of para-hydroxylation sites is 1. The Labute approximate surface area is 183 Å². The van der Waals surface area contributed by atoms with E-state index in [1.807, 2.05) is 42.5 Å². The molecule has 0 radical (unpaired) electrons. The highest BCUT2D eigenvalue weighted by Crippen LogP contribution is 2.48. The van der Waals surface area contributed by atoms with Crippen LogP contribution in [0.2, 0.25) is 0 Å². The van der Waals surface area contributed by atoms with Crippen LogP contribution in [0.1, 0.15) is 17.3 Å². The summed E-state index contributed by atoms with van der Waals surface area (Å²) in [4.78, 5) is 13.0. The van der Waals surface area contributed by atoms with E-state index in [1.54, 1.807) is 38.5 Å². The molecule has 0 unspecified atom stereocenters. The van der Waals surface area contributed by atoms with E-state index in [4.69, 9.17) is 14.2 Å². The number of ether oxygens (including phenoxy) is 3. The van der Waals surface area contributed by atoms with Crippen LogP contribution in [0.25, 0.3) is 31.7 Å². The van der Waals surface area contributed by atoms with Crippen LogP contribution in [0.15, 0.2) is 60.7 Å². The number of esters is 1. The fraction of sp³-hybridized carbons (Fsp3) is 0.160. The Morgan fingerprint density at radius 2 is 1.81 bits per heavy atom. The maximum atomic E-state index is 14.9. The summed E-state index contributed by atoms with van der Waals surface area (Å²) in [5.41, 5.74) is 2.35. The molecule has 0 saturated carbocycles. The SMILES string of the molecule is CCOC(=O)c1ccc(-c2c(-c3ccccc3OC)sc3ccc(OC)cc23)cc1F. The first-order chi connectivity index (χ1) is 15.1. The van der Waals surface area contributed by atoms with Crippen molar-refractivity contribution in [3.05, 3.63) is 72.0 Å². The number of rotatable bonds is 6. The fourth-order valence-electron chi connectivity index (χ4n) is 3.56. The number of hydrogen-bond acceptors (Lipinski definition) is 5. The zero-order valence-electron chi connectivity index (χ0n) is 17.4. The van der Waals surface area contributed by atoms with Crippen molar-refractivity contribution in [1.82, 2.24) is 0 Å². The second kappa shape index (κ2) is 8.78. The molecule has 0 aliphatic rings. The van der Waals surface area contributed by atoms with Crippen molar-refractivity contribution in [3.63, 3.8) is 0 Å². The standard InChI is InChI=1S/C25H21FO4S/c1-4-30-25(27)17-11-9-15(13-20(17)26)23-19-14-16(28-2)10-12-22(19)31-24(23)18-7-5-6-8-21(18)29-3/h5-14H,4H2,1-3H3. The van der Waals surface area contributed by atoms with Crippen molar-refractivity contribution >= 4 is 27.4 Å². The van der Waals surface area contributed by atoms with E-state index in [1.165, 1.54) is 12.1 Å². The van der Waals surface area contributed by atoms with Gasteiger partial charge in [0.2, 0.25) is 0 Å². The van der Waals surface area contributed by atoms with Gasteiger partial charge < -0.3 is 14.2 Å². The van der Waals surface area contributed by atoms with Crippen molar-refractivity contribution in [1.29, 1.82) is 0 Å². The van der Waals surface area contributed by atoms with Crippen LogP contribution in [0.5, 0.6) is 11.5 Å². The van der Waals surface area contributed by atoms with E-state index in [0.717, 1.165) is 31.8 Å². The molecule has 0 atom stereocenters. The molecule has 0 spiro atoms. The number of halogens is 1. The van der Waals surface area contributed by atoms with E-state index in [0.29, 0.717) is 11.3 Å². The van der Waals surface area contributed by atoms with Gasteiger partial charge in [0.25, 0.3) is 0 Å². The van der Waals surface area contributed by atoms with Gasteiger partial charge in [0.1, 0.15) is 17.3 Å². The summed E-state index contributed by atoms with van der Waals surface area (Å²) in [5.74, 6) is 0.144. The Balaban J connectivity index is 1.97. The van der Waals surface area contributed by atoms with Crippen LogP contribution in [-0.2, 0) is 4.74 Å². The predicted octanol–water partition coefficient (Wildman–Crippen LogP) is 6.57. The molecule has 0 saturated heterocycles. The second-order valence-electron chi connectivity index (χ2n) is 6.78. The molecule has 1 aromatic heterocycles. The van der Waals surface area contributed by atoms with E-state index >= 15 is 0 Å². The average molecular weight is 437 g/mol. The minimum absolute atomic E-state index is 0.0819. The summed E-state index contributed by atoms with van der Waals surface area (Å²) in [6.07, 6.45) is 0. The summed E-state index contributed by atoms with van der Waals surface area (Å²) in [5, 5.41) is 0.938. The van der Waals surface area contributed by atoms with Gasteiger partial charge in [-0.05, 0) is 55.0 Å². The second-order valence-corrected chi connectivity index (χ2v) is 7.84. The smallest absolute Gasteiger partial charge is 0.341 e. The van der Waals surface area contributed by atoms with E-state index in [-0.39, 0.29) is 12.2 Å². The maximum absolute atomic E-state index is 14.9. The van der Waals surface area contributed by atoms with Crippen molar-refractivity contribution in [2.75, 3.05) is 20.8 Å². The molecule has 0 fully saturated rings. The van der Waals surface area contributed by atoms with Gasteiger partial charge in [0.05, 0.1) is 26.4 Å². The number of thiophene rings is 1. The van der Waals surface area contributed by atoms with Gasteiger partial charge in [-0.25, -0.2) is 9.18 Å². The van der Waals surface area contributed by atoms with Crippen LogP contribution in [-0.4, -0.2) is 26.8 Å². The van der Waals surface area contributed by atoms with E-state index in [2.05, 4.69) is 0 Å². The van der Waals surface area contributed by atoms with E-state index in [9.17, 15) is 9.18 Å². The van der Waals surface area contributed by atoms with Gasteiger partial charge in [-0.1, -0.05) is 18.2 Å². The Morgan fingerprint density at radius 1 is 1.00 bits per heavy atom. The Hall–Kier alpha value is -3.38. The molecule has 3 aromatic carbocycles. The molecule has 4 aromatic rings. The number of carbonyl (C=O) groups is 1. The summed E-state index contributed by atoms with van der Waals surface area (Å²) >= 11 is 1.60. The topological polar surface area (TPSA) is 44.8 Å². The normalized spacial score (nSPS) is 10.8. The third-order valence-corrected chi connectivity index (χ3v) is 6.20. The molecule has 0 bridgehead atoms. The first-order valence-electron chi connectivity index (χ1n) is 9.78. The molecular formula is C25H21FO4S. The maximum Gasteiger partial charge on any atom is 0.341 e. The number of hydrogen-bond donors (Lipinski definition) is 0. The highest BCUT2D eigenvalue weighted by Gasteiger charge is 2.21. The van der Waals surface area contributed by atoms with Crippen LogP contribution in [0.4, 0.5) is 4.39 Å². The summed E-state index contributed by atoms with van der Waals surface area (Å²) in [6.45, 7) is 1.88. The number of benzene rings is 3.